The Kier molecular flexibility index (Phi) is 3.50. The summed E-state index contributed by atoms with van der Waals surface area (Å²) < 4.78 is 0. The molecule has 1 aromatic heterocycles. The lowest BCUT2D eigenvalue weighted by Gasteiger charge is -2.39. The summed E-state index contributed by atoms with van der Waals surface area (Å²) >= 11 is 0. The number of tetrazole rings is 1. The van der Waals surface area contributed by atoms with Crippen LogP contribution in [0.2, 0.25) is 0 Å². The molecule has 90 valence electrons. The van der Waals surface area contributed by atoms with Crippen LogP contribution in [0.15, 0.2) is 0 Å². The minimum absolute atomic E-state index is 0.465. The van der Waals surface area contributed by atoms with Crippen LogP contribution in [-0.4, -0.2) is 43.7 Å². The largest absolute Gasteiger partial charge is 0.329 e. The van der Waals surface area contributed by atoms with Crippen LogP contribution in [0.5, 0.6) is 0 Å². The maximum atomic E-state index is 5.81. The molecule has 0 aromatic carbocycles. The van der Waals surface area contributed by atoms with Crippen LogP contribution in [0.3, 0.4) is 0 Å². The molecule has 6 nitrogen and oxygen atoms in total. The number of hydrogen-bond donors (Lipinski definition) is 1. The predicted octanol–water partition coefficient (Wildman–Crippen LogP) is -0.0882. The van der Waals surface area contributed by atoms with Crippen molar-refractivity contribution >= 4 is 0 Å². The summed E-state index contributed by atoms with van der Waals surface area (Å²) in [5, 5.41) is 12.1. The molecule has 2 atom stereocenters. The molecule has 1 aliphatic heterocycles. The Labute approximate surface area is 95.8 Å². The van der Waals surface area contributed by atoms with E-state index in [-0.39, 0.29) is 0 Å². The lowest BCUT2D eigenvalue weighted by molar-refractivity contribution is 0.0862. The molecule has 16 heavy (non-hydrogen) atoms. The number of hydrogen-bond acceptors (Lipinski definition) is 5. The van der Waals surface area contributed by atoms with Gasteiger partial charge in [-0.2, -0.15) is 4.80 Å². The van der Waals surface area contributed by atoms with Crippen molar-refractivity contribution in [1.82, 2.24) is 25.1 Å². The number of aromatic nitrogens is 4. The van der Waals surface area contributed by atoms with E-state index in [0.29, 0.717) is 18.6 Å². The van der Waals surface area contributed by atoms with Crippen LogP contribution in [0, 0.1) is 0 Å². The van der Waals surface area contributed by atoms with Gasteiger partial charge in [0.25, 0.3) is 0 Å². The van der Waals surface area contributed by atoms with Gasteiger partial charge in [0, 0.05) is 18.6 Å². The fourth-order valence-corrected chi connectivity index (χ4v) is 2.43. The first-order chi connectivity index (χ1) is 7.70. The van der Waals surface area contributed by atoms with Gasteiger partial charge in [0.2, 0.25) is 0 Å². The Hall–Kier alpha value is -1.01. The van der Waals surface area contributed by atoms with Crippen LogP contribution < -0.4 is 5.73 Å². The molecule has 0 bridgehead atoms. The van der Waals surface area contributed by atoms with E-state index in [1.807, 2.05) is 0 Å². The summed E-state index contributed by atoms with van der Waals surface area (Å²) in [7, 11) is 1.79. The van der Waals surface area contributed by atoms with Crippen molar-refractivity contribution < 1.29 is 0 Å². The van der Waals surface area contributed by atoms with Crippen LogP contribution in [-0.2, 0) is 13.6 Å². The Balaban J connectivity index is 2.05. The Morgan fingerprint density at radius 2 is 2.25 bits per heavy atom. The molecule has 2 rings (SSSR count). The molecule has 1 fully saturated rings. The second-order valence-electron chi connectivity index (χ2n) is 4.54. The van der Waals surface area contributed by atoms with Gasteiger partial charge in [0.15, 0.2) is 5.82 Å². The van der Waals surface area contributed by atoms with Crippen molar-refractivity contribution in [2.24, 2.45) is 12.8 Å². The number of nitrogens with zero attached hydrogens (tertiary/aromatic N) is 5. The zero-order valence-corrected chi connectivity index (χ0v) is 10.0. The fourth-order valence-electron chi connectivity index (χ4n) is 2.43. The van der Waals surface area contributed by atoms with Gasteiger partial charge in [-0.3, -0.25) is 4.90 Å². The van der Waals surface area contributed by atoms with Crippen LogP contribution in [0.4, 0.5) is 0 Å². The zero-order valence-electron chi connectivity index (χ0n) is 10.0. The molecule has 1 aromatic rings. The Morgan fingerprint density at radius 1 is 1.44 bits per heavy atom. The van der Waals surface area contributed by atoms with Gasteiger partial charge in [-0.25, -0.2) is 0 Å². The minimum atomic E-state index is 0.465. The number of aryl methyl sites for hydroxylation is 1. The quantitative estimate of drug-likeness (QED) is 0.777. The summed E-state index contributed by atoms with van der Waals surface area (Å²) in [5.41, 5.74) is 5.81. The third kappa shape index (κ3) is 2.38. The smallest absolute Gasteiger partial charge is 0.188 e. The van der Waals surface area contributed by atoms with E-state index in [9.17, 15) is 0 Å². The van der Waals surface area contributed by atoms with E-state index < -0.39 is 0 Å². The van der Waals surface area contributed by atoms with E-state index in [4.69, 9.17) is 5.73 Å². The highest BCUT2D eigenvalue weighted by Gasteiger charge is 2.27. The van der Waals surface area contributed by atoms with E-state index in [1.165, 1.54) is 24.1 Å². The van der Waals surface area contributed by atoms with Gasteiger partial charge in [0.05, 0.1) is 13.6 Å². The summed E-state index contributed by atoms with van der Waals surface area (Å²) in [5.74, 6) is 0.787. The molecule has 1 saturated heterocycles. The van der Waals surface area contributed by atoms with Gasteiger partial charge < -0.3 is 5.73 Å². The van der Waals surface area contributed by atoms with E-state index >= 15 is 0 Å². The van der Waals surface area contributed by atoms with Gasteiger partial charge in [-0.1, -0.05) is 6.42 Å². The predicted molar refractivity (Wildman–Crippen MR) is 60.5 cm³/mol. The molecule has 6 heteroatoms. The van der Waals surface area contributed by atoms with Crippen LogP contribution in [0.1, 0.15) is 32.0 Å². The summed E-state index contributed by atoms with van der Waals surface area (Å²) in [6.07, 6.45) is 3.69. The molecule has 1 aliphatic rings. The first-order valence-corrected chi connectivity index (χ1v) is 5.89. The highest BCUT2D eigenvalue weighted by atomic mass is 15.6. The van der Waals surface area contributed by atoms with Crippen molar-refractivity contribution in [3.8, 4) is 0 Å². The second kappa shape index (κ2) is 4.88. The average molecular weight is 224 g/mol. The fraction of sp³-hybridized carbons (Fsp3) is 0.900. The van der Waals surface area contributed by atoms with Gasteiger partial charge >= 0.3 is 0 Å². The Morgan fingerprint density at radius 3 is 2.88 bits per heavy atom. The summed E-state index contributed by atoms with van der Waals surface area (Å²) in [6.45, 7) is 3.72. The maximum Gasteiger partial charge on any atom is 0.188 e. The number of nitrogens with two attached hydrogens (primary N) is 1. The van der Waals surface area contributed by atoms with Crippen molar-refractivity contribution in [1.29, 1.82) is 0 Å². The Bertz CT molecular complexity index is 336. The number of piperidine rings is 1. The van der Waals surface area contributed by atoms with E-state index in [2.05, 4.69) is 27.2 Å². The molecule has 0 aliphatic carbocycles. The second-order valence-corrected chi connectivity index (χ2v) is 4.54. The summed E-state index contributed by atoms with van der Waals surface area (Å²) in [4.78, 5) is 3.90. The molecule has 2 unspecified atom stereocenters. The van der Waals surface area contributed by atoms with Crippen molar-refractivity contribution in [3.05, 3.63) is 5.82 Å². The summed E-state index contributed by atoms with van der Waals surface area (Å²) in [6, 6.07) is 1.03. The monoisotopic (exact) mass is 224 g/mol. The average Bonchev–Trinajstić information content (AvgIpc) is 2.67. The number of likely N-dealkylation sites (tertiary alicyclic amines) is 1. The molecule has 0 saturated carbocycles. The van der Waals surface area contributed by atoms with Crippen molar-refractivity contribution in [3.63, 3.8) is 0 Å². The maximum absolute atomic E-state index is 5.81. The van der Waals surface area contributed by atoms with Crippen molar-refractivity contribution in [2.45, 2.75) is 44.8 Å². The van der Waals surface area contributed by atoms with Gasteiger partial charge in [-0.15, -0.1) is 10.2 Å². The molecule has 0 radical (unpaired) electrons. The topological polar surface area (TPSA) is 72.9 Å². The first-order valence-electron chi connectivity index (χ1n) is 5.89. The van der Waals surface area contributed by atoms with Gasteiger partial charge in [-0.05, 0) is 25.0 Å². The normalized spacial score (nSPS) is 27.2. The lowest BCUT2D eigenvalue weighted by atomic mass is 9.96. The van der Waals surface area contributed by atoms with Crippen molar-refractivity contribution in [2.75, 3.05) is 6.54 Å². The molecule has 2 heterocycles. The molecular formula is C10H20N6. The molecule has 0 spiro atoms. The van der Waals surface area contributed by atoms with E-state index in [0.717, 1.165) is 12.4 Å². The third-order valence-corrected chi connectivity index (χ3v) is 3.34. The highest BCUT2D eigenvalue weighted by molar-refractivity contribution is 4.87. The van der Waals surface area contributed by atoms with Crippen LogP contribution in [0.25, 0.3) is 0 Å². The zero-order chi connectivity index (χ0) is 11.5. The SMILES string of the molecule is CC1CCCC(CN)N1Cc1nnn(C)n1. The first kappa shape index (κ1) is 11.5. The van der Waals surface area contributed by atoms with Crippen LogP contribution >= 0.6 is 0 Å². The molecule has 0 amide bonds. The van der Waals surface area contributed by atoms with E-state index in [1.54, 1.807) is 7.05 Å². The standard InChI is InChI=1S/C10H20N6/c1-8-4-3-5-9(6-11)16(8)7-10-12-14-15(2)13-10/h8-9H,3-7,11H2,1-2H3. The third-order valence-electron chi connectivity index (χ3n) is 3.34. The molecular weight excluding hydrogens is 204 g/mol. The lowest BCUT2D eigenvalue weighted by Crippen LogP contribution is -2.48. The highest BCUT2D eigenvalue weighted by Crippen LogP contribution is 2.23. The molecule has 2 N–H and O–H groups in total. The minimum Gasteiger partial charge on any atom is -0.329 e. The van der Waals surface area contributed by atoms with Gasteiger partial charge in [0.1, 0.15) is 0 Å². The number of rotatable bonds is 3.